The Labute approximate surface area is 78.9 Å². The molecule has 0 amide bonds. The second-order valence-corrected chi connectivity index (χ2v) is 4.47. The van der Waals surface area contributed by atoms with E-state index in [1.54, 1.807) is 11.1 Å². The van der Waals surface area contributed by atoms with Crippen molar-refractivity contribution in [2.45, 2.75) is 37.6 Å². The van der Waals surface area contributed by atoms with E-state index in [4.69, 9.17) is 0 Å². The smallest absolute Gasteiger partial charge is 0.111 e. The van der Waals surface area contributed by atoms with Crippen LogP contribution < -0.4 is 5.73 Å². The fourth-order valence-electron chi connectivity index (χ4n) is 2.38. The summed E-state index contributed by atoms with van der Waals surface area (Å²) in [7, 11) is 0. The molecule has 68 valence electrons. The third-order valence-electron chi connectivity index (χ3n) is 3.42. The molecule has 1 nitrogen and oxygen atoms in total. The van der Waals surface area contributed by atoms with Crippen LogP contribution in [-0.2, 0) is 6.42 Å². The molecular formula is C12H16N+. The molecule has 0 heterocycles. The van der Waals surface area contributed by atoms with E-state index in [9.17, 15) is 0 Å². The number of hydrogen-bond donors (Lipinski definition) is 1. The molecular weight excluding hydrogens is 158 g/mol. The van der Waals surface area contributed by atoms with Crippen molar-refractivity contribution in [1.29, 1.82) is 0 Å². The van der Waals surface area contributed by atoms with Gasteiger partial charge in [-0.2, -0.15) is 0 Å². The molecule has 0 aromatic heterocycles. The van der Waals surface area contributed by atoms with Crippen LogP contribution in [0.15, 0.2) is 18.2 Å². The zero-order chi connectivity index (χ0) is 8.84. The van der Waals surface area contributed by atoms with Crippen molar-refractivity contribution in [3.8, 4) is 0 Å². The van der Waals surface area contributed by atoms with Gasteiger partial charge in [-0.3, -0.25) is 0 Å². The molecule has 2 aliphatic carbocycles. The molecule has 0 aliphatic heterocycles. The fourth-order valence-corrected chi connectivity index (χ4v) is 2.38. The minimum atomic E-state index is 0.564. The van der Waals surface area contributed by atoms with Crippen molar-refractivity contribution in [2.24, 2.45) is 0 Å². The normalized spacial score (nSPS) is 26.1. The van der Waals surface area contributed by atoms with Gasteiger partial charge in [-0.05, 0) is 42.4 Å². The molecule has 0 radical (unpaired) electrons. The zero-order valence-corrected chi connectivity index (χ0v) is 7.92. The standard InChI is InChI=1S/C12H15N/c13-12-6-5-9-3-4-10(7-11(9)12)8-1-2-8/h3-4,7-8,12H,1-2,5-6,13H2/p+1/t12-/m1/s1. The first-order chi connectivity index (χ1) is 6.34. The molecule has 3 N–H and O–H groups in total. The lowest BCUT2D eigenvalue weighted by Gasteiger charge is -2.04. The van der Waals surface area contributed by atoms with Gasteiger partial charge in [0.25, 0.3) is 0 Å². The predicted octanol–water partition coefficient (Wildman–Crippen LogP) is 1.79. The Morgan fingerprint density at radius 3 is 2.77 bits per heavy atom. The number of benzene rings is 1. The third kappa shape index (κ3) is 1.19. The Bertz CT molecular complexity index is 339. The van der Waals surface area contributed by atoms with Crippen LogP contribution in [0.2, 0.25) is 0 Å². The lowest BCUT2D eigenvalue weighted by atomic mass is 10.0. The fraction of sp³-hybridized carbons (Fsp3) is 0.500. The van der Waals surface area contributed by atoms with Crippen molar-refractivity contribution in [1.82, 2.24) is 0 Å². The summed E-state index contributed by atoms with van der Waals surface area (Å²) in [5.41, 5.74) is 8.84. The minimum Gasteiger partial charge on any atom is -0.351 e. The first-order valence-corrected chi connectivity index (χ1v) is 5.30. The van der Waals surface area contributed by atoms with Crippen molar-refractivity contribution in [3.63, 3.8) is 0 Å². The topological polar surface area (TPSA) is 27.6 Å². The summed E-state index contributed by atoms with van der Waals surface area (Å²) in [6, 6.07) is 7.63. The molecule has 0 spiro atoms. The van der Waals surface area contributed by atoms with Crippen molar-refractivity contribution in [2.75, 3.05) is 0 Å². The Morgan fingerprint density at radius 2 is 2.00 bits per heavy atom. The van der Waals surface area contributed by atoms with Gasteiger partial charge in [0.2, 0.25) is 0 Å². The van der Waals surface area contributed by atoms with Gasteiger partial charge >= 0.3 is 0 Å². The molecule has 13 heavy (non-hydrogen) atoms. The van der Waals surface area contributed by atoms with Gasteiger partial charge in [0.05, 0.1) is 0 Å². The van der Waals surface area contributed by atoms with E-state index in [-0.39, 0.29) is 0 Å². The van der Waals surface area contributed by atoms with Gasteiger partial charge < -0.3 is 5.73 Å². The molecule has 1 saturated carbocycles. The van der Waals surface area contributed by atoms with Gasteiger partial charge in [-0.15, -0.1) is 0 Å². The van der Waals surface area contributed by atoms with E-state index in [1.807, 2.05) is 0 Å². The second kappa shape index (κ2) is 2.58. The summed E-state index contributed by atoms with van der Waals surface area (Å²) < 4.78 is 0. The highest BCUT2D eigenvalue weighted by molar-refractivity contribution is 5.39. The summed E-state index contributed by atoms with van der Waals surface area (Å²) in [4.78, 5) is 0. The van der Waals surface area contributed by atoms with E-state index < -0.39 is 0 Å². The van der Waals surface area contributed by atoms with Crippen LogP contribution >= 0.6 is 0 Å². The number of quaternary nitrogens is 1. The van der Waals surface area contributed by atoms with E-state index in [1.165, 1.54) is 31.2 Å². The molecule has 0 bridgehead atoms. The van der Waals surface area contributed by atoms with E-state index >= 15 is 0 Å². The first-order valence-electron chi connectivity index (χ1n) is 5.30. The quantitative estimate of drug-likeness (QED) is 0.672. The zero-order valence-electron chi connectivity index (χ0n) is 7.92. The Morgan fingerprint density at radius 1 is 1.15 bits per heavy atom. The molecule has 1 heteroatoms. The maximum absolute atomic E-state index is 4.20. The van der Waals surface area contributed by atoms with Gasteiger partial charge in [0.1, 0.15) is 6.04 Å². The highest BCUT2D eigenvalue weighted by Gasteiger charge is 2.27. The summed E-state index contributed by atoms with van der Waals surface area (Å²) in [6.45, 7) is 0. The Balaban J connectivity index is 2.04. The summed E-state index contributed by atoms with van der Waals surface area (Å²) in [5, 5.41) is 0. The molecule has 0 unspecified atom stereocenters. The molecule has 1 atom stereocenters. The van der Waals surface area contributed by atoms with Gasteiger partial charge in [0.15, 0.2) is 0 Å². The van der Waals surface area contributed by atoms with Gasteiger partial charge in [-0.25, -0.2) is 0 Å². The number of rotatable bonds is 1. The van der Waals surface area contributed by atoms with Gasteiger partial charge in [0, 0.05) is 12.0 Å². The number of hydrogen-bond acceptors (Lipinski definition) is 0. The molecule has 1 aromatic rings. The maximum Gasteiger partial charge on any atom is 0.111 e. The summed E-state index contributed by atoms with van der Waals surface area (Å²) in [6.07, 6.45) is 5.30. The largest absolute Gasteiger partial charge is 0.351 e. The molecule has 1 fully saturated rings. The van der Waals surface area contributed by atoms with Crippen LogP contribution in [0, 0.1) is 0 Å². The average Bonchev–Trinajstić information content (AvgIpc) is 2.93. The Hall–Kier alpha value is -0.820. The van der Waals surface area contributed by atoms with Crippen LogP contribution in [0.5, 0.6) is 0 Å². The number of fused-ring (bicyclic) bond motifs is 1. The van der Waals surface area contributed by atoms with Crippen molar-refractivity contribution >= 4 is 0 Å². The van der Waals surface area contributed by atoms with Crippen LogP contribution in [0.3, 0.4) is 0 Å². The first kappa shape index (κ1) is 7.57. The molecule has 0 saturated heterocycles. The van der Waals surface area contributed by atoms with Crippen molar-refractivity contribution < 1.29 is 5.73 Å². The van der Waals surface area contributed by atoms with Crippen molar-refractivity contribution in [3.05, 3.63) is 34.9 Å². The highest BCUT2D eigenvalue weighted by Crippen LogP contribution is 2.42. The van der Waals surface area contributed by atoms with E-state index in [0.717, 1.165) is 5.92 Å². The van der Waals surface area contributed by atoms with Crippen LogP contribution in [-0.4, -0.2) is 0 Å². The van der Waals surface area contributed by atoms with Crippen LogP contribution in [0.1, 0.15) is 47.9 Å². The minimum absolute atomic E-state index is 0.564. The van der Waals surface area contributed by atoms with Crippen LogP contribution in [0.25, 0.3) is 0 Å². The lowest BCUT2D eigenvalue weighted by molar-refractivity contribution is -0.425. The maximum atomic E-state index is 4.20. The van der Waals surface area contributed by atoms with E-state index in [0.29, 0.717) is 6.04 Å². The number of aryl methyl sites for hydroxylation is 1. The summed E-state index contributed by atoms with van der Waals surface area (Å²) >= 11 is 0. The monoisotopic (exact) mass is 174 g/mol. The second-order valence-electron chi connectivity index (χ2n) is 4.47. The molecule has 3 rings (SSSR count). The van der Waals surface area contributed by atoms with Gasteiger partial charge in [-0.1, -0.05) is 12.1 Å². The van der Waals surface area contributed by atoms with Crippen LogP contribution in [0.4, 0.5) is 0 Å². The molecule has 1 aromatic carbocycles. The molecule has 2 aliphatic rings. The average molecular weight is 174 g/mol. The lowest BCUT2D eigenvalue weighted by Crippen LogP contribution is -2.52. The summed E-state index contributed by atoms with van der Waals surface area (Å²) in [5.74, 6) is 0.887. The predicted molar refractivity (Wildman–Crippen MR) is 52.4 cm³/mol. The Kier molecular flexibility index (Phi) is 1.50. The SMILES string of the molecule is [NH3+][C@@H]1CCc2ccc(C3CC3)cc21. The third-order valence-corrected chi connectivity index (χ3v) is 3.42. The van der Waals surface area contributed by atoms with E-state index in [2.05, 4.69) is 23.9 Å². The highest BCUT2D eigenvalue weighted by atomic mass is 14.6.